The quantitative estimate of drug-likeness (QED) is 0.800. The van der Waals surface area contributed by atoms with Crippen LogP contribution < -0.4 is 0 Å². The summed E-state index contributed by atoms with van der Waals surface area (Å²) in [5.74, 6) is 1.89. The molecule has 118 valence electrons. The molecule has 0 N–H and O–H groups in total. The molecule has 5 heteroatoms. The topological polar surface area (TPSA) is 41.7 Å². The van der Waals surface area contributed by atoms with Gasteiger partial charge in [-0.05, 0) is 39.7 Å². The monoisotopic (exact) mass is 293 g/mol. The SMILES string of the molecule is Cc1noc(C)c1CN1CCO[C@@H](CN(C)CC2CC2)C1. The lowest BCUT2D eigenvalue weighted by Gasteiger charge is -2.34. The maximum atomic E-state index is 5.94. The third-order valence-electron chi connectivity index (χ3n) is 4.57. The Balaban J connectivity index is 1.50. The highest BCUT2D eigenvalue weighted by molar-refractivity contribution is 5.20. The van der Waals surface area contributed by atoms with E-state index >= 15 is 0 Å². The first kappa shape index (κ1) is 15.0. The Labute approximate surface area is 127 Å². The molecule has 0 aromatic carbocycles. The van der Waals surface area contributed by atoms with Crippen molar-refractivity contribution < 1.29 is 9.26 Å². The van der Waals surface area contributed by atoms with Crippen LogP contribution >= 0.6 is 0 Å². The molecule has 1 saturated heterocycles. The lowest BCUT2D eigenvalue weighted by Crippen LogP contribution is -2.46. The Kier molecular flexibility index (Phi) is 4.62. The predicted molar refractivity (Wildman–Crippen MR) is 81.2 cm³/mol. The molecule has 21 heavy (non-hydrogen) atoms. The third-order valence-corrected chi connectivity index (χ3v) is 4.57. The van der Waals surface area contributed by atoms with Crippen molar-refractivity contribution in [2.24, 2.45) is 5.92 Å². The van der Waals surface area contributed by atoms with E-state index in [1.807, 2.05) is 13.8 Å². The third kappa shape index (κ3) is 4.05. The number of hydrogen-bond acceptors (Lipinski definition) is 5. The molecule has 0 bridgehead atoms. The molecule has 1 aromatic heterocycles. The van der Waals surface area contributed by atoms with Gasteiger partial charge in [0.25, 0.3) is 0 Å². The molecule has 2 aliphatic rings. The van der Waals surface area contributed by atoms with Gasteiger partial charge < -0.3 is 14.2 Å². The van der Waals surface area contributed by atoms with Gasteiger partial charge in [0.1, 0.15) is 5.76 Å². The number of likely N-dealkylation sites (N-methyl/N-ethyl adjacent to an activating group) is 1. The van der Waals surface area contributed by atoms with Crippen molar-refractivity contribution in [1.29, 1.82) is 0 Å². The molecule has 1 aliphatic carbocycles. The molecule has 0 radical (unpaired) electrons. The van der Waals surface area contributed by atoms with Crippen LogP contribution in [0.5, 0.6) is 0 Å². The number of ether oxygens (including phenoxy) is 1. The van der Waals surface area contributed by atoms with Crippen molar-refractivity contribution in [1.82, 2.24) is 15.0 Å². The fraction of sp³-hybridized carbons (Fsp3) is 0.812. The van der Waals surface area contributed by atoms with Crippen LogP contribution in [0.1, 0.15) is 29.9 Å². The maximum absolute atomic E-state index is 5.94. The van der Waals surface area contributed by atoms with E-state index in [-0.39, 0.29) is 0 Å². The van der Waals surface area contributed by atoms with E-state index in [2.05, 4.69) is 22.0 Å². The minimum absolute atomic E-state index is 0.322. The van der Waals surface area contributed by atoms with Crippen molar-refractivity contribution in [3.63, 3.8) is 0 Å². The number of morpholine rings is 1. The summed E-state index contributed by atoms with van der Waals surface area (Å²) in [5, 5.41) is 4.05. The van der Waals surface area contributed by atoms with Gasteiger partial charge in [0.05, 0.1) is 18.4 Å². The van der Waals surface area contributed by atoms with E-state index in [4.69, 9.17) is 9.26 Å². The first-order chi connectivity index (χ1) is 10.1. The molecule has 0 amide bonds. The van der Waals surface area contributed by atoms with Crippen molar-refractivity contribution in [3.05, 3.63) is 17.0 Å². The van der Waals surface area contributed by atoms with Crippen molar-refractivity contribution >= 4 is 0 Å². The molecule has 2 heterocycles. The highest BCUT2D eigenvalue weighted by Crippen LogP contribution is 2.29. The van der Waals surface area contributed by atoms with Crippen molar-refractivity contribution in [2.45, 2.75) is 39.3 Å². The summed E-state index contributed by atoms with van der Waals surface area (Å²) >= 11 is 0. The summed E-state index contributed by atoms with van der Waals surface area (Å²) in [6, 6.07) is 0. The Morgan fingerprint density at radius 1 is 1.29 bits per heavy atom. The fourth-order valence-corrected chi connectivity index (χ4v) is 3.15. The zero-order valence-electron chi connectivity index (χ0n) is 13.5. The van der Waals surface area contributed by atoms with Crippen LogP contribution in [0.15, 0.2) is 4.52 Å². The first-order valence-electron chi connectivity index (χ1n) is 8.06. The van der Waals surface area contributed by atoms with Crippen LogP contribution in [0.25, 0.3) is 0 Å². The van der Waals surface area contributed by atoms with Gasteiger partial charge in [-0.15, -0.1) is 0 Å². The molecule has 1 atom stereocenters. The highest BCUT2D eigenvalue weighted by atomic mass is 16.5. The number of nitrogens with zero attached hydrogens (tertiary/aromatic N) is 3. The molecule has 5 nitrogen and oxygen atoms in total. The largest absolute Gasteiger partial charge is 0.374 e. The van der Waals surface area contributed by atoms with Gasteiger partial charge in [-0.25, -0.2) is 0 Å². The lowest BCUT2D eigenvalue weighted by atomic mass is 10.1. The summed E-state index contributed by atoms with van der Waals surface area (Å²) in [6.07, 6.45) is 3.14. The van der Waals surface area contributed by atoms with Gasteiger partial charge in [-0.1, -0.05) is 5.16 Å². The summed E-state index contributed by atoms with van der Waals surface area (Å²) < 4.78 is 11.2. The van der Waals surface area contributed by atoms with Crippen LogP contribution in [0.4, 0.5) is 0 Å². The van der Waals surface area contributed by atoms with E-state index in [0.717, 1.165) is 50.2 Å². The van der Waals surface area contributed by atoms with Crippen LogP contribution in [0.2, 0.25) is 0 Å². The van der Waals surface area contributed by atoms with Crippen LogP contribution in [0, 0.1) is 19.8 Å². The Morgan fingerprint density at radius 3 is 2.76 bits per heavy atom. The van der Waals surface area contributed by atoms with Crippen LogP contribution in [-0.2, 0) is 11.3 Å². The summed E-state index contributed by atoms with van der Waals surface area (Å²) in [5.41, 5.74) is 2.25. The first-order valence-corrected chi connectivity index (χ1v) is 8.06. The highest BCUT2D eigenvalue weighted by Gasteiger charge is 2.27. The molecule has 0 spiro atoms. The molecular formula is C16H27N3O2. The molecule has 1 aliphatic heterocycles. The average molecular weight is 293 g/mol. The van der Waals surface area contributed by atoms with Crippen LogP contribution in [-0.4, -0.2) is 60.9 Å². The molecule has 1 saturated carbocycles. The Bertz CT molecular complexity index is 451. The second-order valence-corrected chi connectivity index (χ2v) is 6.70. The van der Waals surface area contributed by atoms with Gasteiger partial charge >= 0.3 is 0 Å². The van der Waals surface area contributed by atoms with Crippen LogP contribution in [0.3, 0.4) is 0 Å². The smallest absolute Gasteiger partial charge is 0.138 e. The van der Waals surface area contributed by atoms with Gasteiger partial charge in [-0.2, -0.15) is 0 Å². The van der Waals surface area contributed by atoms with E-state index in [1.165, 1.54) is 24.9 Å². The zero-order chi connectivity index (χ0) is 14.8. The zero-order valence-corrected chi connectivity index (χ0v) is 13.5. The standard InChI is InChI=1S/C16H27N3O2/c1-12-16(13(2)21-17-12)11-19-6-7-20-15(10-19)9-18(3)8-14-4-5-14/h14-15H,4-11H2,1-3H3/t15-/m0/s1. The van der Waals surface area contributed by atoms with E-state index in [1.54, 1.807) is 0 Å². The van der Waals surface area contributed by atoms with E-state index in [9.17, 15) is 0 Å². The van der Waals surface area contributed by atoms with Gasteiger partial charge in [0.2, 0.25) is 0 Å². The number of hydrogen-bond donors (Lipinski definition) is 0. The van der Waals surface area contributed by atoms with Crippen molar-refractivity contribution in [2.75, 3.05) is 39.8 Å². The second-order valence-electron chi connectivity index (χ2n) is 6.70. The number of aromatic nitrogens is 1. The molecule has 0 unspecified atom stereocenters. The summed E-state index contributed by atoms with van der Waals surface area (Å²) in [6.45, 7) is 10.0. The molecule has 2 fully saturated rings. The normalized spacial score (nSPS) is 23.9. The minimum atomic E-state index is 0.322. The minimum Gasteiger partial charge on any atom is -0.374 e. The number of rotatable bonds is 6. The molecular weight excluding hydrogens is 266 g/mol. The maximum Gasteiger partial charge on any atom is 0.138 e. The van der Waals surface area contributed by atoms with Gasteiger partial charge in [0.15, 0.2) is 0 Å². The average Bonchev–Trinajstić information content (AvgIpc) is 3.20. The lowest BCUT2D eigenvalue weighted by molar-refractivity contribution is -0.0435. The predicted octanol–water partition coefficient (Wildman–Crippen LogP) is 1.83. The summed E-state index contributed by atoms with van der Waals surface area (Å²) in [4.78, 5) is 4.90. The number of aryl methyl sites for hydroxylation is 2. The van der Waals surface area contributed by atoms with Crippen molar-refractivity contribution in [3.8, 4) is 0 Å². The fourth-order valence-electron chi connectivity index (χ4n) is 3.15. The van der Waals surface area contributed by atoms with E-state index < -0.39 is 0 Å². The van der Waals surface area contributed by atoms with E-state index in [0.29, 0.717) is 6.10 Å². The Morgan fingerprint density at radius 2 is 2.10 bits per heavy atom. The molecule has 3 rings (SSSR count). The second kappa shape index (κ2) is 6.46. The molecule has 1 aromatic rings. The van der Waals surface area contributed by atoms with Gasteiger partial charge in [-0.3, -0.25) is 4.90 Å². The van der Waals surface area contributed by atoms with Gasteiger partial charge in [0, 0.05) is 38.3 Å². The summed E-state index contributed by atoms with van der Waals surface area (Å²) in [7, 11) is 2.22. The Hall–Kier alpha value is -0.910.